The van der Waals surface area contributed by atoms with E-state index in [9.17, 15) is 44.3 Å². The van der Waals surface area contributed by atoms with Crippen LogP contribution in [-0.4, -0.2) is 17.4 Å². The number of aromatic nitrogens is 1. The summed E-state index contributed by atoms with van der Waals surface area (Å²) < 4.78 is 120. The van der Waals surface area contributed by atoms with Crippen molar-refractivity contribution >= 4 is 5.91 Å². The van der Waals surface area contributed by atoms with Crippen molar-refractivity contribution in [2.45, 2.75) is 18.3 Å². The topological polar surface area (TPSA) is 42.0 Å². The van der Waals surface area contributed by atoms with Crippen molar-refractivity contribution in [1.82, 2.24) is 10.3 Å². The molecule has 1 N–H and O–H groups in total. The van der Waals surface area contributed by atoms with Gasteiger partial charge < -0.3 is 5.32 Å². The van der Waals surface area contributed by atoms with E-state index in [1.165, 1.54) is 0 Å². The Morgan fingerprint density at radius 2 is 1.44 bits per heavy atom. The lowest BCUT2D eigenvalue weighted by Gasteiger charge is -2.19. The molecule has 1 amide bonds. The van der Waals surface area contributed by atoms with Crippen LogP contribution in [0.4, 0.5) is 39.5 Å². The molecule has 2 aromatic carbocycles. The number of hydrogen-bond acceptors (Lipinski definition) is 2. The first kappa shape index (κ1) is 25.1. The maximum atomic E-state index is 14.5. The summed E-state index contributed by atoms with van der Waals surface area (Å²) in [6, 6.07) is 7.52. The van der Waals surface area contributed by atoms with Gasteiger partial charge in [0, 0.05) is 11.8 Å². The van der Waals surface area contributed by atoms with Gasteiger partial charge in [0.15, 0.2) is 0 Å². The second-order valence-electron chi connectivity index (χ2n) is 7.05. The molecule has 12 heteroatoms. The van der Waals surface area contributed by atoms with Crippen LogP contribution in [0.25, 0.3) is 11.1 Å². The van der Waals surface area contributed by atoms with E-state index in [2.05, 4.69) is 4.98 Å². The predicted octanol–water partition coefficient (Wildman–Crippen LogP) is 6.45. The summed E-state index contributed by atoms with van der Waals surface area (Å²) in [7, 11) is 0. The lowest BCUT2D eigenvalue weighted by Crippen LogP contribution is -2.36. The number of hydrogen-bond donors (Lipinski definition) is 1. The third-order valence-corrected chi connectivity index (χ3v) is 4.70. The van der Waals surface area contributed by atoms with Crippen molar-refractivity contribution in [3.8, 4) is 11.1 Å². The third-order valence-electron chi connectivity index (χ3n) is 4.70. The highest BCUT2D eigenvalue weighted by molar-refractivity contribution is 5.95. The molecule has 0 aliphatic rings. The monoisotopic (exact) mass is 492 g/mol. The van der Waals surface area contributed by atoms with Crippen molar-refractivity contribution in [2.75, 3.05) is 6.54 Å². The molecule has 3 nitrogen and oxygen atoms in total. The maximum Gasteiger partial charge on any atom is 0.433 e. The average Bonchev–Trinajstić information content (AvgIpc) is 2.76. The van der Waals surface area contributed by atoms with Crippen LogP contribution in [0.2, 0.25) is 0 Å². The zero-order valence-electron chi connectivity index (χ0n) is 16.7. The number of amides is 1. The molecule has 0 fully saturated rings. The molecule has 0 aliphatic carbocycles. The number of rotatable bonds is 5. The van der Waals surface area contributed by atoms with Gasteiger partial charge in [-0.25, -0.2) is 4.39 Å². The van der Waals surface area contributed by atoms with Crippen LogP contribution in [-0.2, 0) is 18.3 Å². The first-order chi connectivity index (χ1) is 15.7. The average molecular weight is 492 g/mol. The summed E-state index contributed by atoms with van der Waals surface area (Å²) >= 11 is 0. The van der Waals surface area contributed by atoms with E-state index in [1.54, 1.807) is 5.32 Å². The number of benzene rings is 2. The summed E-state index contributed by atoms with van der Waals surface area (Å²) in [6.07, 6.45) is -8.79. The smallest absolute Gasteiger partial charge is 0.346 e. The van der Waals surface area contributed by atoms with E-state index in [0.29, 0.717) is 24.3 Å². The van der Waals surface area contributed by atoms with Gasteiger partial charge in [0.05, 0.1) is 23.2 Å². The molecule has 3 rings (SSSR count). The fraction of sp³-hybridized carbons (Fsp3) is 0.182. The Balaban J connectivity index is 1.78. The molecular formula is C22H13F9N2O. The van der Waals surface area contributed by atoms with Crippen LogP contribution < -0.4 is 5.32 Å². The first-order valence-electron chi connectivity index (χ1n) is 9.36. The van der Waals surface area contributed by atoms with Gasteiger partial charge in [-0.2, -0.15) is 35.1 Å². The van der Waals surface area contributed by atoms with Crippen LogP contribution in [0.3, 0.4) is 0 Å². The number of carbonyl (C=O) groups is 1. The Kier molecular flexibility index (Phi) is 6.63. The summed E-state index contributed by atoms with van der Waals surface area (Å²) in [5, 5.41) is 1.67. The zero-order chi connectivity index (χ0) is 25.3. The van der Waals surface area contributed by atoms with Gasteiger partial charge >= 0.3 is 12.4 Å². The molecule has 180 valence electrons. The Morgan fingerprint density at radius 1 is 0.794 bits per heavy atom. The Bertz CT molecular complexity index is 1190. The van der Waals surface area contributed by atoms with Crippen LogP contribution in [0.5, 0.6) is 0 Å². The van der Waals surface area contributed by atoms with Crippen LogP contribution in [0, 0.1) is 5.82 Å². The molecule has 0 saturated heterocycles. The van der Waals surface area contributed by atoms with Crippen molar-refractivity contribution in [2.24, 2.45) is 0 Å². The van der Waals surface area contributed by atoms with Gasteiger partial charge in [-0.05, 0) is 35.9 Å². The van der Waals surface area contributed by atoms with Crippen LogP contribution in [0.1, 0.15) is 27.2 Å². The van der Waals surface area contributed by atoms with E-state index < -0.39 is 58.9 Å². The molecule has 0 unspecified atom stereocenters. The summed E-state index contributed by atoms with van der Waals surface area (Å²) in [4.78, 5) is 15.3. The summed E-state index contributed by atoms with van der Waals surface area (Å²) in [5.74, 6) is -6.88. The van der Waals surface area contributed by atoms with E-state index >= 15 is 0 Å². The van der Waals surface area contributed by atoms with Gasteiger partial charge in [0.1, 0.15) is 11.5 Å². The standard InChI is InChI=1S/C22H13F9N2O/c23-17-9-12(13-6-8-18(32-10-13)22(29,30)31)5-7-16(17)20(24,25)11-33-19(34)14-3-1-2-4-15(14)21(26,27)28/h1-10H,11H2,(H,33,34). The predicted molar refractivity (Wildman–Crippen MR) is 102 cm³/mol. The Hall–Kier alpha value is -3.57. The lowest BCUT2D eigenvalue weighted by molar-refractivity contribution is -0.141. The molecule has 0 radical (unpaired) electrons. The minimum atomic E-state index is -4.90. The summed E-state index contributed by atoms with van der Waals surface area (Å²) in [5.41, 5.74) is -4.57. The molecule has 1 aromatic heterocycles. The molecule has 1 heterocycles. The largest absolute Gasteiger partial charge is 0.433 e. The second kappa shape index (κ2) is 8.99. The van der Waals surface area contributed by atoms with Crippen molar-refractivity contribution in [3.05, 3.63) is 89.0 Å². The Labute approximate surface area is 186 Å². The van der Waals surface area contributed by atoms with Gasteiger partial charge in [-0.1, -0.05) is 24.3 Å². The van der Waals surface area contributed by atoms with Gasteiger partial charge in [-0.15, -0.1) is 0 Å². The van der Waals surface area contributed by atoms with E-state index in [1.807, 2.05) is 0 Å². The Morgan fingerprint density at radius 3 is 2.00 bits per heavy atom. The maximum absolute atomic E-state index is 14.5. The number of nitrogens with zero attached hydrogens (tertiary/aromatic N) is 1. The zero-order valence-corrected chi connectivity index (χ0v) is 16.7. The van der Waals surface area contributed by atoms with E-state index in [4.69, 9.17) is 0 Å². The fourth-order valence-electron chi connectivity index (χ4n) is 3.03. The van der Waals surface area contributed by atoms with Crippen molar-refractivity contribution in [3.63, 3.8) is 0 Å². The molecule has 0 aliphatic heterocycles. The van der Waals surface area contributed by atoms with Gasteiger partial charge in [0.25, 0.3) is 11.8 Å². The number of carbonyl (C=O) groups excluding carboxylic acids is 1. The highest BCUT2D eigenvalue weighted by atomic mass is 19.4. The first-order valence-corrected chi connectivity index (χ1v) is 9.36. The number of halogens is 9. The molecule has 34 heavy (non-hydrogen) atoms. The minimum absolute atomic E-state index is 0.0267. The molecular weight excluding hydrogens is 479 g/mol. The third kappa shape index (κ3) is 5.49. The van der Waals surface area contributed by atoms with Crippen molar-refractivity contribution < 1.29 is 44.3 Å². The molecule has 0 atom stereocenters. The SMILES string of the molecule is O=C(NCC(F)(F)c1ccc(-c2ccc(C(F)(F)F)nc2)cc1F)c1ccccc1C(F)(F)F. The summed E-state index contributed by atoms with van der Waals surface area (Å²) in [6.45, 7) is -1.50. The highest BCUT2D eigenvalue weighted by Crippen LogP contribution is 2.34. The van der Waals surface area contributed by atoms with E-state index in [0.717, 1.165) is 36.5 Å². The number of alkyl halides is 8. The highest BCUT2D eigenvalue weighted by Gasteiger charge is 2.38. The number of pyridine rings is 1. The molecule has 0 saturated carbocycles. The molecule has 0 spiro atoms. The second-order valence-corrected chi connectivity index (χ2v) is 7.05. The molecule has 0 bridgehead atoms. The van der Waals surface area contributed by atoms with Gasteiger partial charge in [0.2, 0.25) is 0 Å². The van der Waals surface area contributed by atoms with Crippen molar-refractivity contribution in [1.29, 1.82) is 0 Å². The quantitative estimate of drug-likeness (QED) is 0.416. The minimum Gasteiger partial charge on any atom is -0.346 e. The van der Waals surface area contributed by atoms with Crippen LogP contribution >= 0.6 is 0 Å². The van der Waals surface area contributed by atoms with Crippen LogP contribution in [0.15, 0.2) is 60.8 Å². The van der Waals surface area contributed by atoms with E-state index in [-0.39, 0.29) is 11.1 Å². The number of nitrogens with one attached hydrogen (secondary N) is 1. The van der Waals surface area contributed by atoms with Gasteiger partial charge in [-0.3, -0.25) is 9.78 Å². The normalized spacial score (nSPS) is 12.5. The molecule has 3 aromatic rings. The fourth-order valence-corrected chi connectivity index (χ4v) is 3.03. The lowest BCUT2D eigenvalue weighted by atomic mass is 10.0.